The van der Waals surface area contributed by atoms with Gasteiger partial charge in [0.25, 0.3) is 5.78 Å². The highest BCUT2D eigenvalue weighted by Gasteiger charge is 2.23. The lowest BCUT2D eigenvalue weighted by molar-refractivity contribution is -0.130. The Kier molecular flexibility index (Phi) is 3.35. The van der Waals surface area contributed by atoms with Crippen molar-refractivity contribution in [1.29, 1.82) is 0 Å². The summed E-state index contributed by atoms with van der Waals surface area (Å²) in [5, 5.41) is 11.0. The van der Waals surface area contributed by atoms with Gasteiger partial charge < -0.3 is 10.1 Å². The number of aromatic nitrogens is 4. The highest BCUT2D eigenvalue weighted by molar-refractivity contribution is 5.80. The average Bonchev–Trinajstić information content (AvgIpc) is 3.04. The van der Waals surface area contributed by atoms with Gasteiger partial charge in [-0.25, -0.2) is 4.98 Å². The molecule has 0 spiro atoms. The van der Waals surface area contributed by atoms with Gasteiger partial charge in [0, 0.05) is 18.0 Å². The fourth-order valence-electron chi connectivity index (χ4n) is 2.48. The van der Waals surface area contributed by atoms with E-state index in [4.69, 9.17) is 4.74 Å². The molecule has 0 aromatic carbocycles. The molecule has 1 amide bonds. The largest absolute Gasteiger partial charge is 0.368 e. The van der Waals surface area contributed by atoms with Crippen molar-refractivity contribution >= 4 is 11.7 Å². The van der Waals surface area contributed by atoms with Gasteiger partial charge in [-0.2, -0.15) is 0 Å². The molecule has 1 unspecified atom stereocenters. The molecule has 7 nitrogen and oxygen atoms in total. The molecular weight excluding hydrogens is 258 g/mol. The maximum Gasteiger partial charge on any atom is 0.255 e. The van der Waals surface area contributed by atoms with E-state index in [0.29, 0.717) is 24.8 Å². The standard InChI is InChI=1S/C13H17N5O2/c1-8-6-9(2)18-11(16-17-13(18)15-8)7-14-12(19)10-4-3-5-20-10/h6,10H,3-5,7H2,1-2H3,(H,14,19). The van der Waals surface area contributed by atoms with Gasteiger partial charge in [-0.1, -0.05) is 0 Å². The molecule has 1 saturated heterocycles. The molecule has 0 bridgehead atoms. The number of ether oxygens (including phenoxy) is 1. The van der Waals surface area contributed by atoms with Crippen molar-refractivity contribution in [3.05, 3.63) is 23.3 Å². The molecule has 2 aromatic heterocycles. The zero-order valence-corrected chi connectivity index (χ0v) is 11.6. The van der Waals surface area contributed by atoms with E-state index in [2.05, 4.69) is 20.5 Å². The minimum Gasteiger partial charge on any atom is -0.368 e. The second kappa shape index (κ2) is 5.16. The van der Waals surface area contributed by atoms with Crippen LogP contribution in [0.1, 0.15) is 30.1 Å². The van der Waals surface area contributed by atoms with E-state index in [9.17, 15) is 4.79 Å². The molecular formula is C13H17N5O2. The summed E-state index contributed by atoms with van der Waals surface area (Å²) in [7, 11) is 0. The molecule has 7 heteroatoms. The number of hydrogen-bond acceptors (Lipinski definition) is 5. The van der Waals surface area contributed by atoms with Crippen LogP contribution in [0.15, 0.2) is 6.07 Å². The molecule has 1 aliphatic rings. The van der Waals surface area contributed by atoms with Crippen LogP contribution in [0.4, 0.5) is 0 Å². The average molecular weight is 275 g/mol. The number of rotatable bonds is 3. The molecule has 20 heavy (non-hydrogen) atoms. The summed E-state index contributed by atoms with van der Waals surface area (Å²) in [4.78, 5) is 16.2. The van der Waals surface area contributed by atoms with Crippen LogP contribution < -0.4 is 5.32 Å². The number of aryl methyl sites for hydroxylation is 2. The molecule has 2 aromatic rings. The number of hydrogen-bond donors (Lipinski definition) is 1. The molecule has 1 fully saturated rings. The first kappa shape index (κ1) is 13.0. The molecule has 106 valence electrons. The molecule has 1 aliphatic heterocycles. The monoisotopic (exact) mass is 275 g/mol. The maximum absolute atomic E-state index is 11.9. The predicted octanol–water partition coefficient (Wildman–Crippen LogP) is 0.536. The number of amides is 1. The summed E-state index contributed by atoms with van der Waals surface area (Å²) >= 11 is 0. The van der Waals surface area contributed by atoms with Gasteiger partial charge in [0.05, 0.1) is 6.54 Å². The Labute approximate surface area is 116 Å². The van der Waals surface area contributed by atoms with E-state index in [1.54, 1.807) is 0 Å². The van der Waals surface area contributed by atoms with E-state index in [1.165, 1.54) is 0 Å². The number of nitrogens with one attached hydrogen (secondary N) is 1. The lowest BCUT2D eigenvalue weighted by atomic mass is 10.2. The number of fused-ring (bicyclic) bond motifs is 1. The van der Waals surface area contributed by atoms with Crippen molar-refractivity contribution in [3.8, 4) is 0 Å². The van der Waals surface area contributed by atoms with Crippen molar-refractivity contribution < 1.29 is 9.53 Å². The van der Waals surface area contributed by atoms with Crippen molar-refractivity contribution in [2.75, 3.05) is 6.61 Å². The lowest BCUT2D eigenvalue weighted by Crippen LogP contribution is -2.34. The van der Waals surface area contributed by atoms with Gasteiger partial charge in [-0.05, 0) is 32.8 Å². The van der Waals surface area contributed by atoms with E-state index >= 15 is 0 Å². The summed E-state index contributed by atoms with van der Waals surface area (Å²) in [6, 6.07) is 1.96. The Morgan fingerprint density at radius 1 is 1.50 bits per heavy atom. The van der Waals surface area contributed by atoms with Gasteiger partial charge >= 0.3 is 0 Å². The predicted molar refractivity (Wildman–Crippen MR) is 71.1 cm³/mol. The smallest absolute Gasteiger partial charge is 0.255 e. The second-order valence-corrected chi connectivity index (χ2v) is 5.01. The molecule has 0 saturated carbocycles. The normalized spacial score (nSPS) is 18.6. The van der Waals surface area contributed by atoms with Gasteiger partial charge in [-0.15, -0.1) is 10.2 Å². The van der Waals surface area contributed by atoms with Gasteiger partial charge in [0.2, 0.25) is 5.91 Å². The third-order valence-corrected chi connectivity index (χ3v) is 3.40. The van der Waals surface area contributed by atoms with E-state index in [0.717, 1.165) is 24.2 Å². The fourth-order valence-corrected chi connectivity index (χ4v) is 2.48. The molecule has 3 rings (SSSR count). The summed E-state index contributed by atoms with van der Waals surface area (Å²) in [6.45, 7) is 4.87. The first-order valence-corrected chi connectivity index (χ1v) is 6.73. The zero-order chi connectivity index (χ0) is 14.1. The Balaban J connectivity index is 1.76. The quantitative estimate of drug-likeness (QED) is 0.884. The fraction of sp³-hybridized carbons (Fsp3) is 0.538. The van der Waals surface area contributed by atoms with E-state index in [-0.39, 0.29) is 12.0 Å². The number of carbonyl (C=O) groups is 1. The van der Waals surface area contributed by atoms with Crippen LogP contribution in [0.3, 0.4) is 0 Å². The summed E-state index contributed by atoms with van der Waals surface area (Å²) in [5.74, 6) is 1.15. The number of nitrogens with zero attached hydrogens (tertiary/aromatic N) is 4. The maximum atomic E-state index is 11.9. The first-order chi connectivity index (χ1) is 9.65. The zero-order valence-electron chi connectivity index (χ0n) is 11.6. The first-order valence-electron chi connectivity index (χ1n) is 6.73. The van der Waals surface area contributed by atoms with Crippen molar-refractivity contribution in [3.63, 3.8) is 0 Å². The molecule has 0 radical (unpaired) electrons. The third kappa shape index (κ3) is 2.36. The van der Waals surface area contributed by atoms with Crippen molar-refractivity contribution in [2.24, 2.45) is 0 Å². The van der Waals surface area contributed by atoms with Crippen LogP contribution in [0, 0.1) is 13.8 Å². The Bertz CT molecular complexity index is 645. The van der Waals surface area contributed by atoms with Crippen LogP contribution in [0.5, 0.6) is 0 Å². The summed E-state index contributed by atoms with van der Waals surface area (Å²) in [6.07, 6.45) is 1.40. The Morgan fingerprint density at radius 2 is 2.35 bits per heavy atom. The Morgan fingerprint density at radius 3 is 3.10 bits per heavy atom. The summed E-state index contributed by atoms with van der Waals surface area (Å²) < 4.78 is 7.19. The molecule has 3 heterocycles. The Hall–Kier alpha value is -2.02. The van der Waals surface area contributed by atoms with Crippen LogP contribution in [0.2, 0.25) is 0 Å². The third-order valence-electron chi connectivity index (χ3n) is 3.40. The highest BCUT2D eigenvalue weighted by atomic mass is 16.5. The molecule has 1 N–H and O–H groups in total. The van der Waals surface area contributed by atoms with Crippen LogP contribution in [-0.2, 0) is 16.1 Å². The van der Waals surface area contributed by atoms with Crippen LogP contribution in [0.25, 0.3) is 5.78 Å². The van der Waals surface area contributed by atoms with E-state index in [1.807, 2.05) is 24.3 Å². The van der Waals surface area contributed by atoms with Crippen LogP contribution in [-0.4, -0.2) is 38.2 Å². The van der Waals surface area contributed by atoms with Crippen molar-refractivity contribution in [2.45, 2.75) is 39.3 Å². The van der Waals surface area contributed by atoms with Gasteiger partial charge in [-0.3, -0.25) is 9.20 Å². The minimum atomic E-state index is -0.323. The van der Waals surface area contributed by atoms with Gasteiger partial charge in [0.15, 0.2) is 5.82 Å². The SMILES string of the molecule is Cc1cc(C)n2c(CNC(=O)C3CCCO3)nnc2n1. The highest BCUT2D eigenvalue weighted by Crippen LogP contribution is 2.12. The second-order valence-electron chi connectivity index (χ2n) is 5.01. The lowest BCUT2D eigenvalue weighted by Gasteiger charge is -2.10. The topological polar surface area (TPSA) is 81.4 Å². The summed E-state index contributed by atoms with van der Waals surface area (Å²) in [5.41, 5.74) is 1.90. The molecule has 0 aliphatic carbocycles. The molecule has 1 atom stereocenters. The van der Waals surface area contributed by atoms with Gasteiger partial charge in [0.1, 0.15) is 6.10 Å². The van der Waals surface area contributed by atoms with Crippen molar-refractivity contribution in [1.82, 2.24) is 24.9 Å². The minimum absolute atomic E-state index is 0.0861. The van der Waals surface area contributed by atoms with Crippen LogP contribution >= 0.6 is 0 Å². The van der Waals surface area contributed by atoms with E-state index < -0.39 is 0 Å². The number of carbonyl (C=O) groups excluding carboxylic acids is 1.